The van der Waals surface area contributed by atoms with Crippen molar-refractivity contribution in [2.45, 2.75) is 32.1 Å². The van der Waals surface area contributed by atoms with Gasteiger partial charge in [0.1, 0.15) is 11.6 Å². The van der Waals surface area contributed by atoms with Crippen molar-refractivity contribution in [3.63, 3.8) is 0 Å². The highest BCUT2D eigenvalue weighted by molar-refractivity contribution is 5.32. The standard InChI is InChI=1S/C16H23F2NO/c1-15(2)9-16(10-15,11-19-6-7-20-3)13-5-4-12(17)8-14(13)18/h4-5,8,19H,6-7,9-11H2,1-3H3. The number of methoxy groups -OCH3 is 1. The summed E-state index contributed by atoms with van der Waals surface area (Å²) in [5, 5.41) is 3.32. The van der Waals surface area contributed by atoms with E-state index in [1.54, 1.807) is 13.2 Å². The first-order chi connectivity index (χ1) is 9.38. The third kappa shape index (κ3) is 3.18. The minimum Gasteiger partial charge on any atom is -0.383 e. The van der Waals surface area contributed by atoms with Gasteiger partial charge in [0.05, 0.1) is 6.61 Å². The summed E-state index contributed by atoms with van der Waals surface area (Å²) in [7, 11) is 1.66. The van der Waals surface area contributed by atoms with Crippen molar-refractivity contribution >= 4 is 0 Å². The van der Waals surface area contributed by atoms with Crippen LogP contribution < -0.4 is 5.32 Å². The first-order valence-corrected chi connectivity index (χ1v) is 7.04. The maximum atomic E-state index is 14.1. The van der Waals surface area contributed by atoms with Gasteiger partial charge < -0.3 is 10.1 Å². The fraction of sp³-hybridized carbons (Fsp3) is 0.625. The minimum atomic E-state index is -0.521. The van der Waals surface area contributed by atoms with E-state index in [4.69, 9.17) is 4.74 Å². The van der Waals surface area contributed by atoms with Crippen molar-refractivity contribution in [3.8, 4) is 0 Å². The Bertz CT molecular complexity index is 466. The molecule has 1 aliphatic rings. The smallest absolute Gasteiger partial charge is 0.129 e. The molecule has 0 amide bonds. The predicted molar refractivity (Wildman–Crippen MR) is 75.8 cm³/mol. The van der Waals surface area contributed by atoms with Crippen LogP contribution in [-0.4, -0.2) is 26.8 Å². The Morgan fingerprint density at radius 2 is 1.95 bits per heavy atom. The van der Waals surface area contributed by atoms with Crippen LogP contribution in [0, 0.1) is 17.0 Å². The summed E-state index contributed by atoms with van der Waals surface area (Å²) < 4.78 is 32.2. The molecule has 0 bridgehead atoms. The van der Waals surface area contributed by atoms with E-state index in [0.717, 1.165) is 25.5 Å². The van der Waals surface area contributed by atoms with Gasteiger partial charge in [-0.1, -0.05) is 19.9 Å². The number of hydrogen-bond acceptors (Lipinski definition) is 2. The molecule has 0 spiro atoms. The normalized spacial score (nSPS) is 19.6. The molecule has 0 atom stereocenters. The van der Waals surface area contributed by atoms with E-state index in [2.05, 4.69) is 19.2 Å². The summed E-state index contributed by atoms with van der Waals surface area (Å²) in [5.74, 6) is -0.957. The zero-order valence-corrected chi connectivity index (χ0v) is 12.4. The van der Waals surface area contributed by atoms with Gasteiger partial charge in [0, 0.05) is 31.7 Å². The predicted octanol–water partition coefficient (Wildman–Crippen LogP) is 3.26. The Hall–Kier alpha value is -1.00. The largest absolute Gasteiger partial charge is 0.383 e. The van der Waals surface area contributed by atoms with Crippen LogP contribution in [-0.2, 0) is 10.2 Å². The summed E-state index contributed by atoms with van der Waals surface area (Å²) in [4.78, 5) is 0. The third-order valence-electron chi connectivity index (χ3n) is 4.08. The maximum absolute atomic E-state index is 14.1. The Morgan fingerprint density at radius 3 is 2.50 bits per heavy atom. The third-order valence-corrected chi connectivity index (χ3v) is 4.08. The molecule has 2 nitrogen and oxygen atoms in total. The zero-order valence-electron chi connectivity index (χ0n) is 12.4. The number of benzene rings is 1. The fourth-order valence-corrected chi connectivity index (χ4v) is 3.61. The average molecular weight is 283 g/mol. The lowest BCUT2D eigenvalue weighted by Gasteiger charge is -2.54. The van der Waals surface area contributed by atoms with Crippen LogP contribution in [0.1, 0.15) is 32.3 Å². The molecule has 2 rings (SSSR count). The molecule has 0 saturated heterocycles. The molecule has 1 aliphatic carbocycles. The van der Waals surface area contributed by atoms with Gasteiger partial charge in [0.15, 0.2) is 0 Å². The molecule has 0 radical (unpaired) electrons. The molecule has 1 aromatic carbocycles. The van der Waals surface area contributed by atoms with Crippen LogP contribution in [0.5, 0.6) is 0 Å². The Balaban J connectivity index is 2.15. The summed E-state index contributed by atoms with van der Waals surface area (Å²) in [5.41, 5.74) is 0.613. The van der Waals surface area contributed by atoms with E-state index in [9.17, 15) is 8.78 Å². The number of nitrogens with one attached hydrogen (secondary N) is 1. The van der Waals surface area contributed by atoms with Crippen molar-refractivity contribution in [2.75, 3.05) is 26.8 Å². The number of halogens is 2. The fourth-order valence-electron chi connectivity index (χ4n) is 3.61. The molecular formula is C16H23F2NO. The minimum absolute atomic E-state index is 0.212. The highest BCUT2D eigenvalue weighted by atomic mass is 19.1. The first-order valence-electron chi connectivity index (χ1n) is 7.04. The SMILES string of the molecule is COCCNCC1(c2ccc(F)cc2F)CC(C)(C)C1. The first kappa shape index (κ1) is 15.4. The second kappa shape index (κ2) is 5.78. The topological polar surface area (TPSA) is 21.3 Å². The van der Waals surface area contributed by atoms with Crippen molar-refractivity contribution in [1.82, 2.24) is 5.32 Å². The van der Waals surface area contributed by atoms with Gasteiger partial charge in [0.2, 0.25) is 0 Å². The van der Waals surface area contributed by atoms with E-state index in [1.807, 2.05) is 0 Å². The molecule has 0 aromatic heterocycles. The number of hydrogen-bond donors (Lipinski definition) is 1. The average Bonchev–Trinajstić information content (AvgIpc) is 2.32. The van der Waals surface area contributed by atoms with Crippen LogP contribution >= 0.6 is 0 Å². The van der Waals surface area contributed by atoms with Gasteiger partial charge in [0.25, 0.3) is 0 Å². The van der Waals surface area contributed by atoms with E-state index in [0.29, 0.717) is 18.7 Å². The van der Waals surface area contributed by atoms with Crippen molar-refractivity contribution < 1.29 is 13.5 Å². The van der Waals surface area contributed by atoms with Crippen molar-refractivity contribution in [2.24, 2.45) is 5.41 Å². The summed E-state index contributed by atoms with van der Waals surface area (Å²) in [6, 6.07) is 3.93. The molecule has 1 fully saturated rings. The zero-order chi connectivity index (χ0) is 14.8. The molecule has 0 unspecified atom stereocenters. The van der Waals surface area contributed by atoms with E-state index in [-0.39, 0.29) is 10.8 Å². The highest BCUT2D eigenvalue weighted by Gasteiger charge is 2.50. The summed E-state index contributed by atoms with van der Waals surface area (Å²) in [6.07, 6.45) is 1.81. The van der Waals surface area contributed by atoms with Crippen molar-refractivity contribution in [3.05, 3.63) is 35.4 Å². The Kier molecular flexibility index (Phi) is 4.45. The molecule has 112 valence electrons. The van der Waals surface area contributed by atoms with E-state index in [1.165, 1.54) is 6.07 Å². The van der Waals surface area contributed by atoms with Gasteiger partial charge in [-0.15, -0.1) is 0 Å². The lowest BCUT2D eigenvalue weighted by atomic mass is 9.52. The molecule has 1 aromatic rings. The molecule has 1 N–H and O–H groups in total. The van der Waals surface area contributed by atoms with Gasteiger partial charge >= 0.3 is 0 Å². The molecule has 0 heterocycles. The monoisotopic (exact) mass is 283 g/mol. The van der Waals surface area contributed by atoms with Crippen LogP contribution in [0.4, 0.5) is 8.78 Å². The molecule has 4 heteroatoms. The Labute approximate surface area is 119 Å². The van der Waals surface area contributed by atoms with Crippen LogP contribution in [0.3, 0.4) is 0 Å². The second-order valence-corrected chi connectivity index (χ2v) is 6.59. The number of ether oxygens (including phenoxy) is 1. The molecular weight excluding hydrogens is 260 g/mol. The molecule has 1 saturated carbocycles. The van der Waals surface area contributed by atoms with Crippen LogP contribution in [0.15, 0.2) is 18.2 Å². The molecule has 20 heavy (non-hydrogen) atoms. The van der Waals surface area contributed by atoms with Gasteiger partial charge in [-0.2, -0.15) is 0 Å². The van der Waals surface area contributed by atoms with Crippen LogP contribution in [0.25, 0.3) is 0 Å². The lowest BCUT2D eigenvalue weighted by Crippen LogP contribution is -2.53. The van der Waals surface area contributed by atoms with Gasteiger partial charge in [-0.3, -0.25) is 0 Å². The van der Waals surface area contributed by atoms with Crippen molar-refractivity contribution in [1.29, 1.82) is 0 Å². The quantitative estimate of drug-likeness (QED) is 0.809. The molecule has 0 aliphatic heterocycles. The van der Waals surface area contributed by atoms with E-state index >= 15 is 0 Å². The number of rotatable bonds is 6. The van der Waals surface area contributed by atoms with Crippen LogP contribution in [0.2, 0.25) is 0 Å². The highest BCUT2D eigenvalue weighted by Crippen LogP contribution is 2.55. The van der Waals surface area contributed by atoms with E-state index < -0.39 is 11.6 Å². The summed E-state index contributed by atoms with van der Waals surface area (Å²) in [6.45, 7) is 6.43. The van der Waals surface area contributed by atoms with Gasteiger partial charge in [-0.05, 0) is 29.9 Å². The lowest BCUT2D eigenvalue weighted by molar-refractivity contribution is 0.0520. The summed E-state index contributed by atoms with van der Waals surface area (Å²) >= 11 is 0. The second-order valence-electron chi connectivity index (χ2n) is 6.59. The Morgan fingerprint density at radius 1 is 1.25 bits per heavy atom. The maximum Gasteiger partial charge on any atom is 0.129 e. The van der Waals surface area contributed by atoms with Gasteiger partial charge in [-0.25, -0.2) is 8.78 Å².